The number of carbonyl (C=O) groups is 1. The van der Waals surface area contributed by atoms with Crippen molar-refractivity contribution >= 4 is 23.8 Å². The van der Waals surface area contributed by atoms with Crippen molar-refractivity contribution in [3.63, 3.8) is 0 Å². The molecule has 0 radical (unpaired) electrons. The fourth-order valence-corrected chi connectivity index (χ4v) is 2.60. The fraction of sp³-hybridized carbons (Fsp3) is 0.286. The van der Waals surface area contributed by atoms with E-state index in [1.807, 2.05) is 0 Å². The summed E-state index contributed by atoms with van der Waals surface area (Å²) in [6.07, 6.45) is -3.89. The number of ether oxygens (including phenoxy) is 1. The zero-order valence-electron chi connectivity index (χ0n) is 17.6. The average Bonchev–Trinajstić information content (AvgIpc) is 2.73. The lowest BCUT2D eigenvalue weighted by Gasteiger charge is -2.21. The molecule has 166 valence electrons. The Balaban J connectivity index is 2.23. The highest BCUT2D eigenvalue weighted by Crippen LogP contribution is 2.29. The molecule has 0 aliphatic carbocycles. The molecule has 0 saturated carbocycles. The second-order valence-corrected chi connectivity index (χ2v) is 6.57. The Hall–Kier alpha value is -3.56. The number of halogens is 3. The van der Waals surface area contributed by atoms with Crippen molar-refractivity contribution < 1.29 is 27.5 Å². The van der Waals surface area contributed by atoms with E-state index >= 15 is 0 Å². The van der Waals surface area contributed by atoms with E-state index < -0.39 is 11.7 Å². The SMILES string of the molecule is CO/C(=N/N(C)C)N(C=O)c1ccccc1CO/N=C(\C)c1cccc(C(F)(F)F)c1. The molecule has 0 aromatic heterocycles. The minimum Gasteiger partial charge on any atom is -0.467 e. The van der Waals surface area contributed by atoms with Gasteiger partial charge in [0, 0.05) is 19.7 Å². The van der Waals surface area contributed by atoms with Crippen molar-refractivity contribution in [2.45, 2.75) is 19.7 Å². The molecule has 0 spiro atoms. The molecule has 7 nitrogen and oxygen atoms in total. The number of hydrogen-bond donors (Lipinski definition) is 0. The Morgan fingerprint density at radius 1 is 1.13 bits per heavy atom. The van der Waals surface area contributed by atoms with Gasteiger partial charge in [0.2, 0.25) is 6.41 Å². The standard InChI is InChI=1S/C21H23F3N4O3/c1-15(16-9-7-10-18(12-16)21(22,23)24)26-31-13-17-8-5-6-11-19(17)28(14-29)20(30-4)25-27(2)3/h5-12,14H,13H2,1-4H3/b25-20+,26-15+. The molecule has 0 N–H and O–H groups in total. The predicted molar refractivity (Wildman–Crippen MR) is 112 cm³/mol. The predicted octanol–water partition coefficient (Wildman–Crippen LogP) is 4.09. The number of benzene rings is 2. The highest BCUT2D eigenvalue weighted by molar-refractivity contribution is 6.06. The molecule has 2 aromatic carbocycles. The number of nitrogens with zero attached hydrogens (tertiary/aromatic N) is 4. The van der Waals surface area contributed by atoms with Gasteiger partial charge in [-0.3, -0.25) is 9.80 Å². The first-order valence-corrected chi connectivity index (χ1v) is 9.14. The van der Waals surface area contributed by atoms with Gasteiger partial charge in [0.1, 0.15) is 6.61 Å². The molecule has 2 aromatic rings. The van der Waals surface area contributed by atoms with Crippen LogP contribution >= 0.6 is 0 Å². The van der Waals surface area contributed by atoms with E-state index in [2.05, 4.69) is 10.3 Å². The van der Waals surface area contributed by atoms with Crippen LogP contribution in [0.15, 0.2) is 58.8 Å². The highest BCUT2D eigenvalue weighted by Gasteiger charge is 2.30. The van der Waals surface area contributed by atoms with Crippen LogP contribution in [0.5, 0.6) is 0 Å². The number of carbonyl (C=O) groups excluding carboxylic acids is 1. The third-order valence-corrected chi connectivity index (χ3v) is 4.06. The molecule has 1 amide bonds. The summed E-state index contributed by atoms with van der Waals surface area (Å²) in [5.74, 6) is 0. The summed E-state index contributed by atoms with van der Waals surface area (Å²) in [5.41, 5.74) is 0.865. The van der Waals surface area contributed by atoms with E-state index in [9.17, 15) is 18.0 Å². The number of hydrazone groups is 1. The topological polar surface area (TPSA) is 66.7 Å². The molecular formula is C21H23F3N4O3. The largest absolute Gasteiger partial charge is 0.467 e. The summed E-state index contributed by atoms with van der Waals surface area (Å²) in [7, 11) is 4.76. The lowest BCUT2D eigenvalue weighted by molar-refractivity contribution is -0.137. The van der Waals surface area contributed by atoms with Crippen molar-refractivity contribution in [3.05, 3.63) is 65.2 Å². The number of para-hydroxylation sites is 1. The van der Waals surface area contributed by atoms with Crippen molar-refractivity contribution in [3.8, 4) is 0 Å². The van der Waals surface area contributed by atoms with Gasteiger partial charge in [-0.05, 0) is 30.7 Å². The first kappa shape index (κ1) is 23.7. The van der Waals surface area contributed by atoms with E-state index in [0.29, 0.717) is 17.7 Å². The van der Waals surface area contributed by atoms with E-state index in [-0.39, 0.29) is 23.9 Å². The molecule has 0 fully saturated rings. The quantitative estimate of drug-likeness (QED) is 0.284. The number of oxime groups is 1. The average molecular weight is 436 g/mol. The molecule has 0 saturated heterocycles. The lowest BCUT2D eigenvalue weighted by atomic mass is 10.1. The van der Waals surface area contributed by atoms with Gasteiger partial charge < -0.3 is 9.57 Å². The molecule has 0 heterocycles. The number of alkyl halides is 3. The molecule has 31 heavy (non-hydrogen) atoms. The number of amides is 1. The van der Waals surface area contributed by atoms with E-state index in [1.54, 1.807) is 45.3 Å². The van der Waals surface area contributed by atoms with E-state index in [4.69, 9.17) is 9.57 Å². The Morgan fingerprint density at radius 3 is 2.45 bits per heavy atom. The maximum absolute atomic E-state index is 12.9. The van der Waals surface area contributed by atoms with Crippen LogP contribution in [0.1, 0.15) is 23.6 Å². The van der Waals surface area contributed by atoms with Gasteiger partial charge in [0.25, 0.3) is 0 Å². The molecule has 10 heteroatoms. The van der Waals surface area contributed by atoms with Crippen molar-refractivity contribution in [1.82, 2.24) is 5.01 Å². The third kappa shape index (κ3) is 6.46. The summed E-state index contributed by atoms with van der Waals surface area (Å²) >= 11 is 0. The monoisotopic (exact) mass is 436 g/mol. The Bertz CT molecular complexity index is 959. The summed E-state index contributed by atoms with van der Waals surface area (Å²) in [6, 6.07) is 11.8. The zero-order chi connectivity index (χ0) is 23.0. The Kier molecular flexibility index (Phi) is 8.00. The molecule has 0 bridgehead atoms. The molecule has 2 rings (SSSR count). The summed E-state index contributed by atoms with van der Waals surface area (Å²) in [4.78, 5) is 18.3. The molecule has 0 aliphatic heterocycles. The zero-order valence-corrected chi connectivity index (χ0v) is 17.6. The van der Waals surface area contributed by atoms with E-state index in [1.165, 1.54) is 29.2 Å². The van der Waals surface area contributed by atoms with Crippen LogP contribution in [0.4, 0.5) is 18.9 Å². The number of methoxy groups -OCH3 is 1. The minimum atomic E-state index is -4.44. The van der Waals surface area contributed by atoms with Gasteiger partial charge in [-0.25, -0.2) is 4.90 Å². The van der Waals surface area contributed by atoms with Gasteiger partial charge in [-0.15, -0.1) is 5.10 Å². The highest BCUT2D eigenvalue weighted by atomic mass is 19.4. The van der Waals surface area contributed by atoms with Gasteiger partial charge >= 0.3 is 12.2 Å². The van der Waals surface area contributed by atoms with Crippen LogP contribution in [-0.2, 0) is 27.2 Å². The lowest BCUT2D eigenvalue weighted by Crippen LogP contribution is -2.33. The van der Waals surface area contributed by atoms with Crippen molar-refractivity contribution in [2.24, 2.45) is 10.3 Å². The molecular weight excluding hydrogens is 413 g/mol. The number of amidine groups is 1. The summed E-state index contributed by atoms with van der Waals surface area (Å²) in [6.45, 7) is 1.52. The Morgan fingerprint density at radius 2 is 1.84 bits per heavy atom. The third-order valence-electron chi connectivity index (χ3n) is 4.06. The van der Waals surface area contributed by atoms with Crippen LogP contribution in [0, 0.1) is 0 Å². The van der Waals surface area contributed by atoms with Crippen molar-refractivity contribution in [2.75, 3.05) is 26.1 Å². The van der Waals surface area contributed by atoms with Crippen LogP contribution in [0.2, 0.25) is 0 Å². The van der Waals surface area contributed by atoms with Crippen LogP contribution in [-0.4, -0.2) is 44.4 Å². The fourth-order valence-electron chi connectivity index (χ4n) is 2.60. The van der Waals surface area contributed by atoms with Crippen LogP contribution < -0.4 is 4.90 Å². The first-order valence-electron chi connectivity index (χ1n) is 9.14. The van der Waals surface area contributed by atoms with Gasteiger partial charge in [0.15, 0.2) is 0 Å². The minimum absolute atomic E-state index is 0.0320. The van der Waals surface area contributed by atoms with Crippen molar-refractivity contribution in [1.29, 1.82) is 0 Å². The second kappa shape index (κ2) is 10.5. The van der Waals surface area contributed by atoms with Gasteiger partial charge in [0.05, 0.1) is 24.1 Å². The van der Waals surface area contributed by atoms with Crippen LogP contribution in [0.3, 0.4) is 0 Å². The molecule has 0 aliphatic rings. The van der Waals surface area contributed by atoms with Gasteiger partial charge in [-0.1, -0.05) is 35.5 Å². The first-order chi connectivity index (χ1) is 14.7. The smallest absolute Gasteiger partial charge is 0.416 e. The number of rotatable bonds is 7. The van der Waals surface area contributed by atoms with Crippen LogP contribution in [0.25, 0.3) is 0 Å². The maximum Gasteiger partial charge on any atom is 0.416 e. The molecule has 0 atom stereocenters. The number of hydrogen-bond acceptors (Lipinski definition) is 6. The van der Waals surface area contributed by atoms with Gasteiger partial charge in [-0.2, -0.15) is 13.2 Å². The summed E-state index contributed by atoms with van der Waals surface area (Å²) < 4.78 is 43.9. The normalized spacial score (nSPS) is 12.4. The Labute approximate surface area is 178 Å². The number of anilines is 1. The second-order valence-electron chi connectivity index (χ2n) is 6.57. The van der Waals surface area contributed by atoms with E-state index in [0.717, 1.165) is 12.1 Å². The molecule has 0 unspecified atom stereocenters. The maximum atomic E-state index is 12.9. The summed E-state index contributed by atoms with van der Waals surface area (Å²) in [5, 5.41) is 9.53.